The standard InChI is InChI=1S/C25H24Cl2F5NO3/c1-3-36-20(34)11-23(12-24(28,29)13-23)16-6-9-18(27)19(10-16)33-22(35)21(14(2)25(30,31)32)15-4-7-17(26)8-5-15/h4-10,14,21H,3,11-13H2,1-2H3,(H,33,35). The molecule has 2 atom stereocenters. The molecule has 11 heteroatoms. The maximum Gasteiger partial charge on any atom is 0.392 e. The van der Waals surface area contributed by atoms with Crippen molar-refractivity contribution in [2.75, 3.05) is 11.9 Å². The van der Waals surface area contributed by atoms with E-state index in [1.165, 1.54) is 42.5 Å². The fourth-order valence-electron chi connectivity index (χ4n) is 4.55. The number of carbonyl (C=O) groups is 2. The highest BCUT2D eigenvalue weighted by Gasteiger charge is 2.58. The Morgan fingerprint density at radius 1 is 1.08 bits per heavy atom. The molecular weight excluding hydrogens is 528 g/mol. The second-order valence-corrected chi connectivity index (χ2v) is 9.86. The first kappa shape index (κ1) is 28.2. The first-order valence-electron chi connectivity index (χ1n) is 11.1. The van der Waals surface area contributed by atoms with E-state index in [2.05, 4.69) is 5.32 Å². The van der Waals surface area contributed by atoms with Gasteiger partial charge in [-0.3, -0.25) is 9.59 Å². The highest BCUT2D eigenvalue weighted by Crippen LogP contribution is 2.56. The number of hydrogen-bond acceptors (Lipinski definition) is 3. The van der Waals surface area contributed by atoms with E-state index in [0.717, 1.165) is 6.92 Å². The molecule has 36 heavy (non-hydrogen) atoms. The monoisotopic (exact) mass is 551 g/mol. The van der Waals surface area contributed by atoms with Gasteiger partial charge in [0.1, 0.15) is 0 Å². The SMILES string of the molecule is CCOC(=O)CC1(c2ccc(Cl)c(NC(=O)C(c3ccc(Cl)cc3)C(C)C(F)(F)F)c2)CC(F)(F)C1. The summed E-state index contributed by atoms with van der Waals surface area (Å²) in [6, 6.07) is 9.55. The highest BCUT2D eigenvalue weighted by molar-refractivity contribution is 6.33. The summed E-state index contributed by atoms with van der Waals surface area (Å²) in [5.41, 5.74) is -0.917. The van der Waals surface area contributed by atoms with Crippen molar-refractivity contribution in [1.82, 2.24) is 0 Å². The van der Waals surface area contributed by atoms with Gasteiger partial charge in [0.15, 0.2) is 0 Å². The molecule has 2 aromatic rings. The van der Waals surface area contributed by atoms with Crippen molar-refractivity contribution in [3.8, 4) is 0 Å². The minimum atomic E-state index is -4.69. The van der Waals surface area contributed by atoms with Gasteiger partial charge in [0.2, 0.25) is 11.8 Å². The smallest absolute Gasteiger partial charge is 0.392 e. The lowest BCUT2D eigenvalue weighted by Crippen LogP contribution is -2.50. The van der Waals surface area contributed by atoms with Crippen LogP contribution in [0.25, 0.3) is 0 Å². The fraction of sp³-hybridized carbons (Fsp3) is 0.440. The molecule has 2 unspecified atom stereocenters. The van der Waals surface area contributed by atoms with Gasteiger partial charge in [0, 0.05) is 23.3 Å². The van der Waals surface area contributed by atoms with E-state index in [0.29, 0.717) is 5.56 Å². The average molecular weight is 552 g/mol. The lowest BCUT2D eigenvalue weighted by molar-refractivity contribution is -0.178. The maximum absolute atomic E-state index is 13.9. The molecule has 0 aromatic heterocycles. The van der Waals surface area contributed by atoms with Gasteiger partial charge in [-0.15, -0.1) is 0 Å². The summed E-state index contributed by atoms with van der Waals surface area (Å²) in [7, 11) is 0. The number of alkyl halides is 5. The number of hydrogen-bond donors (Lipinski definition) is 1. The maximum atomic E-state index is 13.9. The van der Waals surface area contributed by atoms with Crippen LogP contribution in [0.3, 0.4) is 0 Å². The van der Waals surface area contributed by atoms with Crippen LogP contribution in [0.1, 0.15) is 50.2 Å². The third kappa shape index (κ3) is 6.29. The fourth-order valence-corrected chi connectivity index (χ4v) is 4.84. The van der Waals surface area contributed by atoms with Gasteiger partial charge in [-0.2, -0.15) is 13.2 Å². The molecule has 1 aliphatic carbocycles. The Balaban J connectivity index is 1.95. The number of nitrogens with one attached hydrogen (secondary N) is 1. The molecule has 1 saturated carbocycles. The van der Waals surface area contributed by atoms with Crippen LogP contribution in [-0.2, 0) is 19.7 Å². The Morgan fingerprint density at radius 2 is 1.69 bits per heavy atom. The van der Waals surface area contributed by atoms with E-state index in [1.54, 1.807) is 6.92 Å². The van der Waals surface area contributed by atoms with Gasteiger partial charge in [-0.25, -0.2) is 8.78 Å². The molecule has 3 rings (SSSR count). The summed E-state index contributed by atoms with van der Waals surface area (Å²) >= 11 is 12.1. The minimum Gasteiger partial charge on any atom is -0.466 e. The normalized spacial score (nSPS) is 18.0. The molecule has 0 saturated heterocycles. The van der Waals surface area contributed by atoms with E-state index < -0.39 is 54.1 Å². The molecule has 1 N–H and O–H groups in total. The van der Waals surface area contributed by atoms with Gasteiger partial charge in [0.25, 0.3) is 0 Å². The number of rotatable bonds is 8. The molecule has 1 aliphatic rings. The zero-order chi connectivity index (χ0) is 26.9. The van der Waals surface area contributed by atoms with Crippen LogP contribution in [0.2, 0.25) is 10.0 Å². The molecule has 196 valence electrons. The number of ether oxygens (including phenoxy) is 1. The third-order valence-electron chi connectivity index (χ3n) is 6.35. The molecule has 1 amide bonds. The van der Waals surface area contributed by atoms with Gasteiger partial charge in [-0.05, 0) is 42.3 Å². The van der Waals surface area contributed by atoms with Gasteiger partial charge in [-0.1, -0.05) is 48.3 Å². The van der Waals surface area contributed by atoms with Crippen molar-refractivity contribution in [1.29, 1.82) is 0 Å². The lowest BCUT2D eigenvalue weighted by Gasteiger charge is -2.47. The second kappa shape index (κ2) is 10.5. The number of halogens is 7. The first-order valence-corrected chi connectivity index (χ1v) is 11.9. The minimum absolute atomic E-state index is 0.000939. The van der Waals surface area contributed by atoms with Crippen molar-refractivity contribution in [2.24, 2.45) is 5.92 Å². The number of benzene rings is 2. The Hall–Kier alpha value is -2.39. The molecule has 2 aromatic carbocycles. The van der Waals surface area contributed by atoms with Gasteiger partial charge < -0.3 is 10.1 Å². The highest BCUT2D eigenvalue weighted by atomic mass is 35.5. The summed E-state index contributed by atoms with van der Waals surface area (Å²) in [4.78, 5) is 25.3. The van der Waals surface area contributed by atoms with Crippen molar-refractivity contribution in [3.63, 3.8) is 0 Å². The number of amides is 1. The molecular formula is C25H24Cl2F5NO3. The predicted molar refractivity (Wildman–Crippen MR) is 127 cm³/mol. The van der Waals surface area contributed by atoms with Crippen LogP contribution in [0.4, 0.5) is 27.6 Å². The van der Waals surface area contributed by atoms with Gasteiger partial charge in [0.05, 0.1) is 35.6 Å². The Kier molecular flexibility index (Phi) is 8.25. The van der Waals surface area contributed by atoms with Crippen LogP contribution in [-0.4, -0.2) is 30.6 Å². The Morgan fingerprint density at radius 3 is 2.22 bits per heavy atom. The molecule has 1 fully saturated rings. The zero-order valence-corrected chi connectivity index (χ0v) is 20.9. The number of esters is 1. The van der Waals surface area contributed by atoms with Crippen molar-refractivity contribution >= 4 is 40.8 Å². The van der Waals surface area contributed by atoms with E-state index >= 15 is 0 Å². The summed E-state index contributed by atoms with van der Waals surface area (Å²) in [5, 5.41) is 2.72. The average Bonchev–Trinajstić information content (AvgIpc) is 2.74. The van der Waals surface area contributed by atoms with E-state index in [1.807, 2.05) is 0 Å². The summed E-state index contributed by atoms with van der Waals surface area (Å²) in [6.07, 6.45) is -6.24. The van der Waals surface area contributed by atoms with Crippen LogP contribution >= 0.6 is 23.2 Å². The van der Waals surface area contributed by atoms with Crippen molar-refractivity contribution in [3.05, 3.63) is 63.6 Å². The van der Waals surface area contributed by atoms with Crippen LogP contribution in [0.5, 0.6) is 0 Å². The molecule has 0 heterocycles. The summed E-state index contributed by atoms with van der Waals surface area (Å²) in [5.74, 6) is -8.32. The lowest BCUT2D eigenvalue weighted by atomic mass is 9.60. The van der Waals surface area contributed by atoms with Gasteiger partial charge >= 0.3 is 12.1 Å². The quantitative estimate of drug-likeness (QED) is 0.272. The molecule has 0 spiro atoms. The Labute approximate surface area is 215 Å². The molecule has 4 nitrogen and oxygen atoms in total. The zero-order valence-electron chi connectivity index (χ0n) is 19.4. The second-order valence-electron chi connectivity index (χ2n) is 9.02. The summed E-state index contributed by atoms with van der Waals surface area (Å²) < 4.78 is 73.6. The van der Waals surface area contributed by atoms with E-state index in [9.17, 15) is 31.5 Å². The summed E-state index contributed by atoms with van der Waals surface area (Å²) in [6.45, 7) is 2.56. The van der Waals surface area contributed by atoms with Crippen LogP contribution in [0.15, 0.2) is 42.5 Å². The van der Waals surface area contributed by atoms with Crippen LogP contribution < -0.4 is 5.32 Å². The first-order chi connectivity index (χ1) is 16.7. The third-order valence-corrected chi connectivity index (χ3v) is 6.93. The topological polar surface area (TPSA) is 55.4 Å². The Bertz CT molecular complexity index is 1110. The molecule has 0 radical (unpaired) electrons. The van der Waals surface area contributed by atoms with Crippen molar-refractivity contribution < 1.29 is 36.3 Å². The largest absolute Gasteiger partial charge is 0.466 e. The van der Waals surface area contributed by atoms with E-state index in [4.69, 9.17) is 27.9 Å². The number of carbonyl (C=O) groups excluding carboxylic acids is 2. The molecule has 0 aliphatic heterocycles. The van der Waals surface area contributed by atoms with Crippen molar-refractivity contribution in [2.45, 2.75) is 56.5 Å². The van der Waals surface area contributed by atoms with Crippen LogP contribution in [0, 0.1) is 5.92 Å². The predicted octanol–water partition coefficient (Wildman–Crippen LogP) is 7.53. The van der Waals surface area contributed by atoms with E-state index in [-0.39, 0.29) is 34.3 Å². The number of anilines is 1. The molecule has 0 bridgehead atoms.